The van der Waals surface area contributed by atoms with Crippen LogP contribution in [0.25, 0.3) is 0 Å². The van der Waals surface area contributed by atoms with Crippen molar-refractivity contribution in [3.8, 4) is 6.07 Å². The molecule has 0 aromatic heterocycles. The summed E-state index contributed by atoms with van der Waals surface area (Å²) in [6, 6.07) is 20.9. The number of benzene rings is 2. The number of likely N-dealkylation sites (tertiary alicyclic amines) is 1. The van der Waals surface area contributed by atoms with Crippen molar-refractivity contribution in [1.29, 1.82) is 5.26 Å². The van der Waals surface area contributed by atoms with Crippen molar-refractivity contribution >= 4 is 12.2 Å². The Morgan fingerprint density at radius 2 is 1.45 bits per heavy atom. The quantitative estimate of drug-likeness (QED) is 0.838. The Morgan fingerprint density at radius 1 is 0.931 bits per heavy atom. The summed E-state index contributed by atoms with van der Waals surface area (Å²) < 4.78 is 10.5. The lowest BCUT2D eigenvalue weighted by Gasteiger charge is -2.36. The average molecular weight is 393 g/mol. The molecule has 0 unspecified atom stereocenters. The molecule has 3 rings (SSSR count). The highest BCUT2D eigenvalue weighted by Gasteiger charge is 2.38. The second kappa shape index (κ2) is 9.60. The van der Waals surface area contributed by atoms with Gasteiger partial charge in [0.05, 0.1) is 6.07 Å². The number of ether oxygens (including phenoxy) is 2. The predicted octanol–water partition coefficient (Wildman–Crippen LogP) is 3.61. The Balaban J connectivity index is 1.45. The SMILES string of the molecule is N#CC1(NC(=O)OCc2ccccc2)CCN(C(=O)OCc2ccccc2)CC1. The van der Waals surface area contributed by atoms with Crippen LogP contribution >= 0.6 is 0 Å². The second-order valence-corrected chi connectivity index (χ2v) is 6.91. The third-order valence-electron chi connectivity index (χ3n) is 4.85. The fourth-order valence-corrected chi connectivity index (χ4v) is 3.10. The summed E-state index contributed by atoms with van der Waals surface area (Å²) in [5, 5.41) is 12.3. The topological polar surface area (TPSA) is 91.7 Å². The fourth-order valence-electron chi connectivity index (χ4n) is 3.10. The van der Waals surface area contributed by atoms with Crippen molar-refractivity contribution in [2.24, 2.45) is 0 Å². The number of piperidine rings is 1. The molecular weight excluding hydrogens is 370 g/mol. The first-order valence-electron chi connectivity index (χ1n) is 9.46. The van der Waals surface area contributed by atoms with Gasteiger partial charge in [-0.15, -0.1) is 0 Å². The molecule has 1 aliphatic heterocycles. The Morgan fingerprint density at radius 3 is 1.97 bits per heavy atom. The predicted molar refractivity (Wildman–Crippen MR) is 106 cm³/mol. The standard InChI is InChI=1S/C22H23N3O4/c23-17-22(24-20(26)28-15-18-7-3-1-4-8-18)11-13-25(14-12-22)21(27)29-16-19-9-5-2-6-10-19/h1-10H,11-16H2,(H,24,26). The van der Waals surface area contributed by atoms with Gasteiger partial charge in [0.1, 0.15) is 18.8 Å². The van der Waals surface area contributed by atoms with Gasteiger partial charge in [-0.1, -0.05) is 60.7 Å². The first-order valence-corrected chi connectivity index (χ1v) is 9.46. The van der Waals surface area contributed by atoms with Crippen molar-refractivity contribution in [3.05, 3.63) is 71.8 Å². The number of alkyl carbamates (subject to hydrolysis) is 1. The van der Waals surface area contributed by atoms with Gasteiger partial charge in [-0.3, -0.25) is 0 Å². The van der Waals surface area contributed by atoms with Crippen LogP contribution in [-0.2, 0) is 22.7 Å². The molecule has 1 aliphatic rings. The minimum atomic E-state index is -1.05. The highest BCUT2D eigenvalue weighted by molar-refractivity contribution is 5.70. The Bertz CT molecular complexity index is 857. The molecule has 0 saturated carbocycles. The summed E-state index contributed by atoms with van der Waals surface area (Å²) in [7, 11) is 0. The largest absolute Gasteiger partial charge is 0.445 e. The number of nitriles is 1. The van der Waals surface area contributed by atoms with Crippen LogP contribution in [-0.4, -0.2) is 35.7 Å². The number of amides is 2. The van der Waals surface area contributed by atoms with E-state index in [1.165, 1.54) is 0 Å². The summed E-state index contributed by atoms with van der Waals surface area (Å²) in [5.74, 6) is 0. The van der Waals surface area contributed by atoms with Gasteiger partial charge in [-0.2, -0.15) is 5.26 Å². The minimum Gasteiger partial charge on any atom is -0.445 e. The molecule has 0 radical (unpaired) electrons. The van der Waals surface area contributed by atoms with Gasteiger partial charge < -0.3 is 19.7 Å². The van der Waals surface area contributed by atoms with E-state index in [0.717, 1.165) is 11.1 Å². The van der Waals surface area contributed by atoms with Crippen molar-refractivity contribution < 1.29 is 19.1 Å². The first-order chi connectivity index (χ1) is 14.1. The van der Waals surface area contributed by atoms with Crippen LogP contribution in [0.1, 0.15) is 24.0 Å². The average Bonchev–Trinajstić information content (AvgIpc) is 2.78. The Labute approximate surface area is 169 Å². The third kappa shape index (κ3) is 5.72. The molecule has 2 aromatic rings. The van der Waals surface area contributed by atoms with Crippen LogP contribution in [0.3, 0.4) is 0 Å². The highest BCUT2D eigenvalue weighted by atomic mass is 16.6. The number of nitrogens with one attached hydrogen (secondary N) is 1. The van der Waals surface area contributed by atoms with E-state index in [-0.39, 0.29) is 13.2 Å². The number of hydrogen-bond acceptors (Lipinski definition) is 5. The van der Waals surface area contributed by atoms with E-state index in [0.29, 0.717) is 25.9 Å². The monoisotopic (exact) mass is 393 g/mol. The molecule has 150 valence electrons. The zero-order valence-electron chi connectivity index (χ0n) is 16.0. The third-order valence-corrected chi connectivity index (χ3v) is 4.85. The zero-order chi connectivity index (χ0) is 20.5. The maximum absolute atomic E-state index is 12.3. The van der Waals surface area contributed by atoms with Gasteiger partial charge in [-0.25, -0.2) is 9.59 Å². The lowest BCUT2D eigenvalue weighted by Crippen LogP contribution is -2.55. The van der Waals surface area contributed by atoms with E-state index in [4.69, 9.17) is 9.47 Å². The summed E-state index contributed by atoms with van der Waals surface area (Å²) >= 11 is 0. The number of hydrogen-bond donors (Lipinski definition) is 1. The molecule has 29 heavy (non-hydrogen) atoms. The van der Waals surface area contributed by atoms with Gasteiger partial charge in [0.2, 0.25) is 0 Å². The first kappa shape index (κ1) is 20.2. The molecule has 0 atom stereocenters. The molecule has 0 aliphatic carbocycles. The number of nitrogens with zero attached hydrogens (tertiary/aromatic N) is 2. The molecule has 1 heterocycles. The van der Waals surface area contributed by atoms with Gasteiger partial charge in [0, 0.05) is 25.9 Å². The van der Waals surface area contributed by atoms with Crippen LogP contribution in [0, 0.1) is 11.3 Å². The van der Waals surface area contributed by atoms with E-state index >= 15 is 0 Å². The van der Waals surface area contributed by atoms with E-state index in [2.05, 4.69) is 11.4 Å². The molecule has 1 fully saturated rings. The van der Waals surface area contributed by atoms with E-state index < -0.39 is 17.7 Å². The molecule has 7 nitrogen and oxygen atoms in total. The number of carbonyl (C=O) groups excluding carboxylic acids is 2. The zero-order valence-corrected chi connectivity index (χ0v) is 16.0. The van der Waals surface area contributed by atoms with Crippen molar-refractivity contribution in [2.75, 3.05) is 13.1 Å². The lowest BCUT2D eigenvalue weighted by atomic mass is 9.89. The normalized spacial score (nSPS) is 15.1. The van der Waals surface area contributed by atoms with Crippen molar-refractivity contribution in [2.45, 2.75) is 31.6 Å². The van der Waals surface area contributed by atoms with Crippen LogP contribution in [0.4, 0.5) is 9.59 Å². The van der Waals surface area contributed by atoms with E-state index in [1.54, 1.807) is 4.90 Å². The maximum Gasteiger partial charge on any atom is 0.410 e. The Kier molecular flexibility index (Phi) is 6.69. The van der Waals surface area contributed by atoms with Crippen molar-refractivity contribution in [3.63, 3.8) is 0 Å². The maximum atomic E-state index is 12.3. The van der Waals surface area contributed by atoms with E-state index in [9.17, 15) is 14.9 Å². The van der Waals surface area contributed by atoms with Crippen LogP contribution in [0.15, 0.2) is 60.7 Å². The smallest absolute Gasteiger partial charge is 0.410 e. The molecule has 7 heteroatoms. The summed E-state index contributed by atoms with van der Waals surface area (Å²) in [6.45, 7) is 0.968. The summed E-state index contributed by atoms with van der Waals surface area (Å²) in [4.78, 5) is 25.9. The minimum absolute atomic E-state index is 0.131. The van der Waals surface area contributed by atoms with Gasteiger partial charge in [0.25, 0.3) is 0 Å². The molecule has 2 aromatic carbocycles. The van der Waals surface area contributed by atoms with Gasteiger partial charge in [-0.05, 0) is 11.1 Å². The van der Waals surface area contributed by atoms with Gasteiger partial charge in [0.15, 0.2) is 0 Å². The second-order valence-electron chi connectivity index (χ2n) is 6.91. The van der Waals surface area contributed by atoms with Gasteiger partial charge >= 0.3 is 12.2 Å². The summed E-state index contributed by atoms with van der Waals surface area (Å²) in [6.07, 6.45) is -0.447. The van der Waals surface area contributed by atoms with Crippen molar-refractivity contribution in [1.82, 2.24) is 10.2 Å². The van der Waals surface area contributed by atoms with Crippen LogP contribution in [0.2, 0.25) is 0 Å². The molecule has 1 saturated heterocycles. The van der Waals surface area contributed by atoms with Crippen LogP contribution in [0.5, 0.6) is 0 Å². The molecule has 2 amide bonds. The number of carbonyl (C=O) groups is 2. The lowest BCUT2D eigenvalue weighted by molar-refractivity contribution is 0.0769. The highest BCUT2D eigenvalue weighted by Crippen LogP contribution is 2.23. The fraction of sp³-hybridized carbons (Fsp3) is 0.318. The summed E-state index contributed by atoms with van der Waals surface area (Å²) in [5.41, 5.74) is 0.723. The molecule has 0 bridgehead atoms. The molecule has 1 N–H and O–H groups in total. The Hall–Kier alpha value is -3.53. The van der Waals surface area contributed by atoms with Crippen LogP contribution < -0.4 is 5.32 Å². The van der Waals surface area contributed by atoms with E-state index in [1.807, 2.05) is 60.7 Å². The molecular formula is C22H23N3O4. The number of rotatable bonds is 5. The molecule has 0 spiro atoms.